The summed E-state index contributed by atoms with van der Waals surface area (Å²) in [6.07, 6.45) is 2.04. The van der Waals surface area contributed by atoms with E-state index in [1.54, 1.807) is 0 Å². The van der Waals surface area contributed by atoms with Crippen LogP contribution in [0.3, 0.4) is 0 Å². The Morgan fingerprint density at radius 3 is 1.61 bits per heavy atom. The molecule has 0 saturated carbocycles. The van der Waals surface area contributed by atoms with Crippen LogP contribution in [0.5, 0.6) is 0 Å². The summed E-state index contributed by atoms with van der Waals surface area (Å²) in [6.45, 7) is 0. The SMILES string of the molecule is c1ccc(-c2nc(-c3ccccc3)nc(-c3ccc(-c4nc5ccccc5c5nc6ccccn6c45)cc3)n2)cc1. The number of pyridine rings is 2. The molecule has 0 aliphatic rings. The van der Waals surface area contributed by atoms with Crippen LogP contribution in [0.25, 0.3) is 73.0 Å². The summed E-state index contributed by atoms with van der Waals surface area (Å²) in [6, 6.07) is 42.5. The summed E-state index contributed by atoms with van der Waals surface area (Å²) in [5.41, 5.74) is 8.42. The van der Waals surface area contributed by atoms with Crippen molar-refractivity contribution in [3.8, 4) is 45.4 Å². The molecule has 0 aliphatic carbocycles. The van der Waals surface area contributed by atoms with E-state index in [9.17, 15) is 0 Å². The molecule has 192 valence electrons. The third kappa shape index (κ3) is 4.01. The third-order valence-electron chi connectivity index (χ3n) is 7.26. The van der Waals surface area contributed by atoms with E-state index in [0.29, 0.717) is 17.5 Å². The number of nitrogens with zero attached hydrogens (tertiary/aromatic N) is 6. The molecule has 0 atom stereocenters. The molecular weight excluding hydrogens is 504 g/mol. The van der Waals surface area contributed by atoms with E-state index in [-0.39, 0.29) is 0 Å². The second-order valence-electron chi connectivity index (χ2n) is 9.83. The van der Waals surface area contributed by atoms with E-state index in [2.05, 4.69) is 34.7 Å². The van der Waals surface area contributed by atoms with Gasteiger partial charge in [-0.2, -0.15) is 0 Å². The summed E-state index contributed by atoms with van der Waals surface area (Å²) in [4.78, 5) is 24.6. The van der Waals surface area contributed by atoms with Crippen LogP contribution in [-0.4, -0.2) is 29.3 Å². The second-order valence-corrected chi connectivity index (χ2v) is 9.83. The molecule has 0 N–H and O–H groups in total. The smallest absolute Gasteiger partial charge is 0.164 e. The van der Waals surface area contributed by atoms with Gasteiger partial charge in [-0.3, -0.25) is 4.40 Å². The molecule has 6 heteroatoms. The van der Waals surface area contributed by atoms with Crippen LogP contribution in [0, 0.1) is 0 Å². The van der Waals surface area contributed by atoms with Crippen LogP contribution in [0.2, 0.25) is 0 Å². The highest BCUT2D eigenvalue weighted by molar-refractivity contribution is 6.09. The average molecular weight is 527 g/mol. The lowest BCUT2D eigenvalue weighted by molar-refractivity contribution is 1.07. The molecule has 41 heavy (non-hydrogen) atoms. The molecule has 6 nitrogen and oxygen atoms in total. The standard InChI is InChI=1S/C35H22N6/c1-3-11-24(12-4-1)33-38-34(25-13-5-2-6-14-25)40-35(39-33)26-20-18-23(19-21-26)30-32-31(27-15-7-8-16-28(27)36-30)37-29-17-9-10-22-41(29)32/h1-22H. The zero-order valence-electron chi connectivity index (χ0n) is 21.9. The number of para-hydroxylation sites is 1. The van der Waals surface area contributed by atoms with Crippen molar-refractivity contribution < 1.29 is 0 Å². The molecule has 4 heterocycles. The Kier molecular flexibility index (Phi) is 5.35. The van der Waals surface area contributed by atoms with Crippen molar-refractivity contribution in [2.75, 3.05) is 0 Å². The van der Waals surface area contributed by atoms with Crippen LogP contribution < -0.4 is 0 Å². The van der Waals surface area contributed by atoms with Gasteiger partial charge >= 0.3 is 0 Å². The predicted molar refractivity (Wildman–Crippen MR) is 163 cm³/mol. The summed E-state index contributed by atoms with van der Waals surface area (Å²) >= 11 is 0. The van der Waals surface area contributed by atoms with E-state index in [4.69, 9.17) is 24.9 Å². The molecule has 0 radical (unpaired) electrons. The van der Waals surface area contributed by atoms with E-state index in [1.165, 1.54) is 0 Å². The fourth-order valence-corrected chi connectivity index (χ4v) is 5.27. The van der Waals surface area contributed by atoms with Crippen molar-refractivity contribution in [3.63, 3.8) is 0 Å². The number of benzene rings is 4. The quantitative estimate of drug-likeness (QED) is 0.233. The number of hydrogen-bond acceptors (Lipinski definition) is 5. The molecule has 4 aromatic heterocycles. The highest BCUT2D eigenvalue weighted by Gasteiger charge is 2.17. The monoisotopic (exact) mass is 526 g/mol. The van der Waals surface area contributed by atoms with Crippen LogP contribution in [0.1, 0.15) is 0 Å². The first-order valence-electron chi connectivity index (χ1n) is 13.5. The highest BCUT2D eigenvalue weighted by atomic mass is 15.0. The zero-order chi connectivity index (χ0) is 27.2. The Labute approximate surface area is 235 Å². The molecule has 0 unspecified atom stereocenters. The van der Waals surface area contributed by atoms with Crippen molar-refractivity contribution >= 4 is 27.6 Å². The minimum Gasteiger partial charge on any atom is -0.298 e. The molecule has 0 aliphatic heterocycles. The van der Waals surface area contributed by atoms with Gasteiger partial charge in [0.2, 0.25) is 0 Å². The fourth-order valence-electron chi connectivity index (χ4n) is 5.27. The molecule has 8 aromatic rings. The van der Waals surface area contributed by atoms with Gasteiger partial charge < -0.3 is 0 Å². The zero-order valence-corrected chi connectivity index (χ0v) is 21.9. The van der Waals surface area contributed by atoms with Crippen molar-refractivity contribution in [3.05, 3.63) is 134 Å². The van der Waals surface area contributed by atoms with Crippen LogP contribution >= 0.6 is 0 Å². The molecule has 0 amide bonds. The lowest BCUT2D eigenvalue weighted by atomic mass is 10.0. The number of rotatable bonds is 4. The lowest BCUT2D eigenvalue weighted by Crippen LogP contribution is -2.00. The number of imidazole rings is 1. The Morgan fingerprint density at radius 1 is 0.415 bits per heavy atom. The Bertz CT molecular complexity index is 2130. The largest absolute Gasteiger partial charge is 0.298 e. The topological polar surface area (TPSA) is 68.9 Å². The maximum atomic E-state index is 5.10. The summed E-state index contributed by atoms with van der Waals surface area (Å²) in [7, 11) is 0. The molecule has 0 spiro atoms. The van der Waals surface area contributed by atoms with Crippen molar-refractivity contribution in [2.45, 2.75) is 0 Å². The van der Waals surface area contributed by atoms with Gasteiger partial charge in [0.1, 0.15) is 11.2 Å². The van der Waals surface area contributed by atoms with E-state index >= 15 is 0 Å². The Morgan fingerprint density at radius 2 is 0.951 bits per heavy atom. The van der Waals surface area contributed by atoms with Crippen molar-refractivity contribution in [1.29, 1.82) is 0 Å². The molecule has 0 fully saturated rings. The highest BCUT2D eigenvalue weighted by Crippen LogP contribution is 2.34. The molecular formula is C35H22N6. The molecule has 0 saturated heterocycles. The van der Waals surface area contributed by atoms with Gasteiger partial charge in [-0.1, -0.05) is 109 Å². The minimum absolute atomic E-state index is 0.621. The van der Waals surface area contributed by atoms with Gasteiger partial charge in [0.05, 0.1) is 16.7 Å². The summed E-state index contributed by atoms with van der Waals surface area (Å²) in [5.74, 6) is 1.90. The van der Waals surface area contributed by atoms with Crippen molar-refractivity contribution in [2.24, 2.45) is 0 Å². The van der Waals surface area contributed by atoms with Gasteiger partial charge in [0, 0.05) is 33.8 Å². The van der Waals surface area contributed by atoms with Gasteiger partial charge in [0.25, 0.3) is 0 Å². The molecule has 8 rings (SSSR count). The second kappa shape index (κ2) is 9.47. The van der Waals surface area contributed by atoms with E-state index in [0.717, 1.165) is 55.5 Å². The van der Waals surface area contributed by atoms with Gasteiger partial charge in [-0.05, 0) is 18.2 Å². The fraction of sp³-hybridized carbons (Fsp3) is 0. The van der Waals surface area contributed by atoms with Gasteiger partial charge in [-0.15, -0.1) is 0 Å². The lowest BCUT2D eigenvalue weighted by Gasteiger charge is -2.10. The van der Waals surface area contributed by atoms with Crippen LogP contribution in [0.4, 0.5) is 0 Å². The first-order valence-corrected chi connectivity index (χ1v) is 13.5. The Hall–Kier alpha value is -5.75. The van der Waals surface area contributed by atoms with Crippen LogP contribution in [-0.2, 0) is 0 Å². The van der Waals surface area contributed by atoms with Gasteiger partial charge in [-0.25, -0.2) is 24.9 Å². The predicted octanol–water partition coefficient (Wildman–Crippen LogP) is 7.89. The number of hydrogen-bond donors (Lipinski definition) is 0. The maximum absolute atomic E-state index is 5.10. The summed E-state index contributed by atoms with van der Waals surface area (Å²) < 4.78 is 2.11. The first-order chi connectivity index (χ1) is 20.3. The number of aromatic nitrogens is 6. The number of fused-ring (bicyclic) bond motifs is 5. The van der Waals surface area contributed by atoms with E-state index in [1.807, 2.05) is 103 Å². The normalized spacial score (nSPS) is 11.4. The van der Waals surface area contributed by atoms with Gasteiger partial charge in [0.15, 0.2) is 17.5 Å². The molecule has 0 bridgehead atoms. The summed E-state index contributed by atoms with van der Waals surface area (Å²) in [5, 5.41) is 1.04. The first kappa shape index (κ1) is 23.2. The van der Waals surface area contributed by atoms with E-state index < -0.39 is 0 Å². The minimum atomic E-state index is 0.621. The van der Waals surface area contributed by atoms with Crippen LogP contribution in [0.15, 0.2) is 134 Å². The maximum Gasteiger partial charge on any atom is 0.164 e. The van der Waals surface area contributed by atoms with Crippen molar-refractivity contribution in [1.82, 2.24) is 29.3 Å². The third-order valence-corrected chi connectivity index (χ3v) is 7.26. The average Bonchev–Trinajstić information content (AvgIpc) is 3.45. The Balaban J connectivity index is 1.29. The molecule has 4 aromatic carbocycles.